The molecule has 0 aromatic carbocycles. The van der Waals surface area contributed by atoms with E-state index in [1.54, 1.807) is 0 Å². The van der Waals surface area contributed by atoms with Crippen LogP contribution in [0.25, 0.3) is 0 Å². The normalized spacial score (nSPS) is 25.9. The van der Waals surface area contributed by atoms with Crippen LogP contribution in [-0.2, 0) is 9.59 Å². The molecule has 0 aliphatic heterocycles. The monoisotopic (exact) mass is 282 g/mol. The molecule has 2 aliphatic carbocycles. The van der Waals surface area contributed by atoms with E-state index in [1.165, 1.54) is 19.3 Å². The first kappa shape index (κ1) is 15.3. The molecule has 0 saturated heterocycles. The number of carbonyl (C=O) groups is 2. The van der Waals surface area contributed by atoms with Gasteiger partial charge >= 0.3 is 5.97 Å². The van der Waals surface area contributed by atoms with Crippen LogP contribution in [0, 0.1) is 5.92 Å². The number of hydrogen-bond acceptors (Lipinski definition) is 3. The molecule has 2 fully saturated rings. The molecular formula is C15H26N2O3. The summed E-state index contributed by atoms with van der Waals surface area (Å²) < 4.78 is 0. The minimum Gasteiger partial charge on any atom is -0.480 e. The Morgan fingerprint density at radius 3 is 2.50 bits per heavy atom. The molecule has 0 atom stereocenters. The summed E-state index contributed by atoms with van der Waals surface area (Å²) >= 11 is 0. The zero-order chi connectivity index (χ0) is 14.5. The van der Waals surface area contributed by atoms with E-state index < -0.39 is 5.97 Å². The first-order valence-electron chi connectivity index (χ1n) is 7.83. The number of amides is 1. The fraction of sp³-hybridized carbons (Fsp3) is 0.867. The van der Waals surface area contributed by atoms with Crippen LogP contribution in [-0.4, -0.2) is 47.1 Å². The van der Waals surface area contributed by atoms with E-state index in [0.717, 1.165) is 31.7 Å². The molecule has 114 valence electrons. The Bertz CT molecular complexity index is 349. The van der Waals surface area contributed by atoms with Crippen molar-refractivity contribution in [3.63, 3.8) is 0 Å². The van der Waals surface area contributed by atoms with Gasteiger partial charge in [0.1, 0.15) is 0 Å². The van der Waals surface area contributed by atoms with Crippen molar-refractivity contribution in [2.24, 2.45) is 5.92 Å². The second-order valence-electron chi connectivity index (χ2n) is 6.18. The van der Waals surface area contributed by atoms with E-state index in [0.29, 0.717) is 12.5 Å². The predicted octanol–water partition coefficient (Wildman–Crippen LogP) is 1.62. The molecule has 5 nitrogen and oxygen atoms in total. The molecule has 2 N–H and O–H groups in total. The topological polar surface area (TPSA) is 69.6 Å². The summed E-state index contributed by atoms with van der Waals surface area (Å²) in [6, 6.07) is 0.560. The maximum absolute atomic E-state index is 11.8. The fourth-order valence-electron chi connectivity index (χ4n) is 3.09. The van der Waals surface area contributed by atoms with Crippen molar-refractivity contribution in [2.45, 2.75) is 64.0 Å². The summed E-state index contributed by atoms with van der Waals surface area (Å²) in [7, 11) is 0. The number of aliphatic carboxylic acids is 1. The molecule has 20 heavy (non-hydrogen) atoms. The molecule has 2 aliphatic rings. The molecule has 0 spiro atoms. The maximum atomic E-state index is 11.8. The third-order valence-electron chi connectivity index (χ3n) is 4.74. The lowest BCUT2D eigenvalue weighted by Gasteiger charge is -2.42. The Morgan fingerprint density at radius 2 is 2.00 bits per heavy atom. The lowest BCUT2D eigenvalue weighted by molar-refractivity contribution is -0.139. The van der Waals surface area contributed by atoms with Gasteiger partial charge in [0.25, 0.3) is 0 Å². The molecule has 1 amide bonds. The summed E-state index contributed by atoms with van der Waals surface area (Å²) in [5.41, 5.74) is 0. The lowest BCUT2D eigenvalue weighted by Crippen LogP contribution is -2.54. The molecule has 0 heterocycles. The molecule has 5 heteroatoms. The van der Waals surface area contributed by atoms with Crippen LogP contribution in [0.1, 0.15) is 51.9 Å². The van der Waals surface area contributed by atoms with Crippen LogP contribution >= 0.6 is 0 Å². The zero-order valence-electron chi connectivity index (χ0n) is 12.3. The predicted molar refractivity (Wildman–Crippen MR) is 76.4 cm³/mol. The van der Waals surface area contributed by atoms with Crippen LogP contribution < -0.4 is 5.32 Å². The average molecular weight is 282 g/mol. The van der Waals surface area contributed by atoms with E-state index in [4.69, 9.17) is 5.11 Å². The molecule has 0 bridgehead atoms. The number of nitrogens with one attached hydrogen (secondary N) is 1. The fourth-order valence-corrected chi connectivity index (χ4v) is 3.09. The van der Waals surface area contributed by atoms with Gasteiger partial charge in [0, 0.05) is 18.5 Å². The Balaban J connectivity index is 1.60. The van der Waals surface area contributed by atoms with Gasteiger partial charge in [-0.1, -0.05) is 26.2 Å². The largest absolute Gasteiger partial charge is 0.480 e. The lowest BCUT2D eigenvalue weighted by atomic mass is 9.82. The molecule has 0 unspecified atom stereocenters. The Labute approximate surface area is 120 Å². The third kappa shape index (κ3) is 4.20. The second-order valence-corrected chi connectivity index (χ2v) is 6.18. The Morgan fingerprint density at radius 1 is 1.30 bits per heavy atom. The highest BCUT2D eigenvalue weighted by Gasteiger charge is 2.34. The van der Waals surface area contributed by atoms with Gasteiger partial charge < -0.3 is 10.4 Å². The van der Waals surface area contributed by atoms with Crippen molar-refractivity contribution >= 4 is 11.9 Å². The van der Waals surface area contributed by atoms with Gasteiger partial charge in [-0.05, 0) is 31.7 Å². The SMILES string of the molecule is CCN(CC(=O)O)C1CC(NC(=O)CCC2CCC2)C1. The van der Waals surface area contributed by atoms with Crippen molar-refractivity contribution < 1.29 is 14.7 Å². The summed E-state index contributed by atoms with van der Waals surface area (Å²) in [6.07, 6.45) is 7.36. The minimum absolute atomic E-state index is 0.101. The summed E-state index contributed by atoms with van der Waals surface area (Å²) in [6.45, 7) is 2.83. The molecule has 2 saturated carbocycles. The Kier molecular flexibility index (Phi) is 5.40. The Hall–Kier alpha value is -1.10. The molecule has 0 aromatic heterocycles. The van der Waals surface area contributed by atoms with Crippen molar-refractivity contribution in [3.05, 3.63) is 0 Å². The van der Waals surface area contributed by atoms with Crippen LogP contribution in [0.2, 0.25) is 0 Å². The van der Waals surface area contributed by atoms with E-state index in [2.05, 4.69) is 5.32 Å². The number of carboxylic acid groups (broad SMARTS) is 1. The van der Waals surface area contributed by atoms with Crippen LogP contribution in [0.4, 0.5) is 0 Å². The van der Waals surface area contributed by atoms with Crippen LogP contribution in [0.3, 0.4) is 0 Å². The van der Waals surface area contributed by atoms with Gasteiger partial charge in [-0.2, -0.15) is 0 Å². The van der Waals surface area contributed by atoms with Crippen molar-refractivity contribution in [1.29, 1.82) is 0 Å². The minimum atomic E-state index is -0.778. The number of carbonyl (C=O) groups excluding carboxylic acids is 1. The van der Waals surface area contributed by atoms with Crippen LogP contribution in [0.15, 0.2) is 0 Å². The number of carboxylic acids is 1. The highest BCUT2D eigenvalue weighted by Crippen LogP contribution is 2.30. The van der Waals surface area contributed by atoms with E-state index in [-0.39, 0.29) is 18.5 Å². The maximum Gasteiger partial charge on any atom is 0.317 e. The number of likely N-dealkylation sites (N-methyl/N-ethyl adjacent to an activating group) is 1. The highest BCUT2D eigenvalue weighted by atomic mass is 16.4. The quantitative estimate of drug-likeness (QED) is 0.710. The van der Waals surface area contributed by atoms with Gasteiger partial charge in [0.05, 0.1) is 6.54 Å². The number of hydrogen-bond donors (Lipinski definition) is 2. The molecule has 0 aromatic rings. The third-order valence-corrected chi connectivity index (χ3v) is 4.74. The van der Waals surface area contributed by atoms with E-state index in [1.807, 2.05) is 11.8 Å². The highest BCUT2D eigenvalue weighted by molar-refractivity contribution is 5.76. The zero-order valence-corrected chi connectivity index (χ0v) is 12.3. The number of rotatable bonds is 8. The first-order chi connectivity index (χ1) is 9.58. The molecular weight excluding hydrogens is 256 g/mol. The number of nitrogens with zero attached hydrogens (tertiary/aromatic N) is 1. The van der Waals surface area contributed by atoms with Crippen LogP contribution in [0.5, 0.6) is 0 Å². The summed E-state index contributed by atoms with van der Waals surface area (Å²) in [4.78, 5) is 24.5. The second kappa shape index (κ2) is 7.07. The standard InChI is InChI=1S/C15H26N2O3/c1-2-17(10-15(19)20)13-8-12(9-13)16-14(18)7-6-11-4-3-5-11/h11-13H,2-10H2,1H3,(H,16,18)(H,19,20). The average Bonchev–Trinajstić information content (AvgIpc) is 2.28. The summed E-state index contributed by atoms with van der Waals surface area (Å²) in [5.74, 6) is 0.169. The van der Waals surface area contributed by atoms with E-state index >= 15 is 0 Å². The van der Waals surface area contributed by atoms with Gasteiger partial charge in [0.15, 0.2) is 0 Å². The van der Waals surface area contributed by atoms with Crippen molar-refractivity contribution in [3.8, 4) is 0 Å². The first-order valence-corrected chi connectivity index (χ1v) is 7.83. The molecule has 2 rings (SSSR count). The van der Waals surface area contributed by atoms with Crippen molar-refractivity contribution in [1.82, 2.24) is 10.2 Å². The smallest absolute Gasteiger partial charge is 0.317 e. The van der Waals surface area contributed by atoms with Gasteiger partial charge in [-0.15, -0.1) is 0 Å². The summed E-state index contributed by atoms with van der Waals surface area (Å²) in [5, 5.41) is 11.9. The van der Waals surface area contributed by atoms with Gasteiger partial charge in [0.2, 0.25) is 5.91 Å². The van der Waals surface area contributed by atoms with Gasteiger partial charge in [-0.25, -0.2) is 0 Å². The molecule has 0 radical (unpaired) electrons. The van der Waals surface area contributed by atoms with Crippen molar-refractivity contribution in [2.75, 3.05) is 13.1 Å². The van der Waals surface area contributed by atoms with Gasteiger partial charge in [-0.3, -0.25) is 14.5 Å². The van der Waals surface area contributed by atoms with E-state index in [9.17, 15) is 9.59 Å².